The van der Waals surface area contributed by atoms with Crippen LogP contribution in [0.2, 0.25) is 0 Å². The molecule has 3 aromatic carbocycles. The number of aromatic nitrogens is 1. The Hall–Kier alpha value is -3.99. The summed E-state index contributed by atoms with van der Waals surface area (Å²) in [7, 11) is 0. The van der Waals surface area contributed by atoms with Crippen molar-refractivity contribution < 1.29 is 9.59 Å². The van der Waals surface area contributed by atoms with Crippen molar-refractivity contribution in [1.29, 1.82) is 0 Å². The molecule has 0 spiro atoms. The number of hydrogen-bond donors (Lipinski definition) is 1. The average Bonchev–Trinajstić information content (AvgIpc) is 2.84. The normalized spacial score (nSPS) is 11.7. The summed E-state index contributed by atoms with van der Waals surface area (Å²) in [6.07, 6.45) is 0. The van der Waals surface area contributed by atoms with Crippen LogP contribution in [-0.2, 0) is 4.79 Å². The zero-order chi connectivity index (χ0) is 23.4. The maximum atomic E-state index is 13.6. The molecule has 0 aliphatic carbocycles. The third-order valence-corrected chi connectivity index (χ3v) is 5.82. The highest BCUT2D eigenvalue weighted by Crippen LogP contribution is 2.27. The van der Waals surface area contributed by atoms with Crippen LogP contribution in [0.1, 0.15) is 40.1 Å². The van der Waals surface area contributed by atoms with E-state index in [1.54, 1.807) is 11.0 Å². The van der Waals surface area contributed by atoms with E-state index in [2.05, 4.69) is 10.3 Å². The van der Waals surface area contributed by atoms with Crippen molar-refractivity contribution in [3.63, 3.8) is 0 Å². The van der Waals surface area contributed by atoms with Crippen LogP contribution < -0.4 is 5.32 Å². The van der Waals surface area contributed by atoms with Crippen molar-refractivity contribution in [1.82, 2.24) is 9.88 Å². The first kappa shape index (κ1) is 22.2. The molecule has 1 atom stereocenters. The predicted molar refractivity (Wildman–Crippen MR) is 132 cm³/mol. The Morgan fingerprint density at radius 1 is 0.848 bits per heavy atom. The smallest absolute Gasteiger partial charge is 0.273 e. The maximum absolute atomic E-state index is 13.6. The number of pyridine rings is 1. The number of benzene rings is 3. The SMILES string of the molecule is CCN(C(=O)c1ccc2ccccc2n1)C(C(=O)Nc1c(C)cccc1C)c1ccccc1. The Labute approximate surface area is 194 Å². The largest absolute Gasteiger partial charge is 0.323 e. The second-order valence-corrected chi connectivity index (χ2v) is 8.05. The lowest BCUT2D eigenvalue weighted by atomic mass is 10.0. The molecule has 4 aromatic rings. The van der Waals surface area contributed by atoms with Gasteiger partial charge in [0.2, 0.25) is 0 Å². The van der Waals surface area contributed by atoms with Crippen molar-refractivity contribution >= 4 is 28.4 Å². The number of nitrogens with zero attached hydrogens (tertiary/aromatic N) is 2. The number of nitrogens with one attached hydrogen (secondary N) is 1. The quantitative estimate of drug-likeness (QED) is 0.421. The van der Waals surface area contributed by atoms with Crippen molar-refractivity contribution in [2.45, 2.75) is 26.8 Å². The number of aryl methyl sites for hydroxylation is 2. The minimum atomic E-state index is -0.795. The zero-order valence-corrected chi connectivity index (χ0v) is 19.1. The first-order chi connectivity index (χ1) is 16.0. The van der Waals surface area contributed by atoms with Crippen molar-refractivity contribution in [3.8, 4) is 0 Å². The van der Waals surface area contributed by atoms with Crippen LogP contribution in [0.5, 0.6) is 0 Å². The molecule has 0 saturated heterocycles. The number of rotatable bonds is 6. The molecule has 1 aromatic heterocycles. The summed E-state index contributed by atoms with van der Waals surface area (Å²) in [6, 6.07) is 25.8. The van der Waals surface area contributed by atoms with Crippen molar-refractivity contribution in [2.75, 3.05) is 11.9 Å². The number of para-hydroxylation sites is 2. The van der Waals surface area contributed by atoms with E-state index in [0.29, 0.717) is 12.2 Å². The fourth-order valence-electron chi connectivity index (χ4n) is 4.09. The van der Waals surface area contributed by atoms with Gasteiger partial charge in [0, 0.05) is 17.6 Å². The molecule has 1 N–H and O–H groups in total. The standard InChI is InChI=1S/C28H27N3O2/c1-4-31(28(33)24-18-17-21-13-8-9-16-23(21)29-24)26(22-14-6-5-7-15-22)27(32)30-25-19(2)11-10-12-20(25)3/h5-18,26H,4H2,1-3H3,(H,30,32). The highest BCUT2D eigenvalue weighted by Gasteiger charge is 2.32. The third-order valence-electron chi connectivity index (χ3n) is 5.82. The Balaban J connectivity index is 1.73. The maximum Gasteiger partial charge on any atom is 0.273 e. The van der Waals surface area contributed by atoms with E-state index < -0.39 is 6.04 Å². The predicted octanol–water partition coefficient (Wildman–Crippen LogP) is 5.69. The van der Waals surface area contributed by atoms with Crippen LogP contribution in [0.25, 0.3) is 10.9 Å². The highest BCUT2D eigenvalue weighted by molar-refractivity contribution is 6.02. The number of amides is 2. The minimum Gasteiger partial charge on any atom is -0.323 e. The molecule has 0 radical (unpaired) electrons. The summed E-state index contributed by atoms with van der Waals surface area (Å²) in [5.74, 6) is -0.539. The molecule has 5 heteroatoms. The third kappa shape index (κ3) is 4.62. The molecular weight excluding hydrogens is 410 g/mol. The number of carbonyl (C=O) groups is 2. The van der Waals surface area contributed by atoms with Gasteiger partial charge in [0.05, 0.1) is 5.52 Å². The number of fused-ring (bicyclic) bond motifs is 1. The first-order valence-corrected chi connectivity index (χ1v) is 11.1. The fraction of sp³-hybridized carbons (Fsp3) is 0.179. The fourth-order valence-corrected chi connectivity index (χ4v) is 4.09. The second-order valence-electron chi connectivity index (χ2n) is 8.05. The Bertz CT molecular complexity index is 1280. The lowest BCUT2D eigenvalue weighted by Crippen LogP contribution is -2.41. The first-order valence-electron chi connectivity index (χ1n) is 11.1. The van der Waals surface area contributed by atoms with Gasteiger partial charge in [-0.25, -0.2) is 4.98 Å². The van der Waals surface area contributed by atoms with Crippen LogP contribution in [0.4, 0.5) is 5.69 Å². The van der Waals surface area contributed by atoms with E-state index in [1.165, 1.54) is 0 Å². The summed E-state index contributed by atoms with van der Waals surface area (Å²) >= 11 is 0. The summed E-state index contributed by atoms with van der Waals surface area (Å²) in [6.45, 7) is 6.15. The molecule has 4 rings (SSSR count). The summed E-state index contributed by atoms with van der Waals surface area (Å²) in [5, 5.41) is 4.04. The zero-order valence-electron chi connectivity index (χ0n) is 19.1. The number of carbonyl (C=O) groups excluding carboxylic acids is 2. The number of hydrogen-bond acceptors (Lipinski definition) is 3. The molecule has 0 saturated carbocycles. The van der Waals surface area contributed by atoms with Crippen LogP contribution in [0.3, 0.4) is 0 Å². The Morgan fingerprint density at radius 2 is 1.52 bits per heavy atom. The topological polar surface area (TPSA) is 62.3 Å². The molecular formula is C28H27N3O2. The molecule has 5 nitrogen and oxygen atoms in total. The van der Waals surface area contributed by atoms with Gasteiger partial charge in [-0.2, -0.15) is 0 Å². The highest BCUT2D eigenvalue weighted by atomic mass is 16.2. The van der Waals surface area contributed by atoms with Crippen LogP contribution >= 0.6 is 0 Å². The summed E-state index contributed by atoms with van der Waals surface area (Å²) in [5.41, 5.74) is 4.53. The van der Waals surface area contributed by atoms with Gasteiger partial charge in [-0.05, 0) is 49.6 Å². The second kappa shape index (κ2) is 9.65. The van der Waals surface area contributed by atoms with Crippen LogP contribution in [0, 0.1) is 13.8 Å². The van der Waals surface area contributed by atoms with Gasteiger partial charge in [-0.1, -0.05) is 72.8 Å². The summed E-state index contributed by atoms with van der Waals surface area (Å²) in [4.78, 5) is 33.4. The molecule has 33 heavy (non-hydrogen) atoms. The van der Waals surface area contributed by atoms with Gasteiger partial charge in [-0.15, -0.1) is 0 Å². The van der Waals surface area contributed by atoms with E-state index in [4.69, 9.17) is 0 Å². The van der Waals surface area contributed by atoms with Crippen LogP contribution in [0.15, 0.2) is 84.9 Å². The van der Waals surface area contributed by atoms with Crippen molar-refractivity contribution in [2.24, 2.45) is 0 Å². The monoisotopic (exact) mass is 437 g/mol. The molecule has 0 aliphatic rings. The Morgan fingerprint density at radius 3 is 2.21 bits per heavy atom. The van der Waals surface area contributed by atoms with Crippen molar-refractivity contribution in [3.05, 3.63) is 107 Å². The summed E-state index contributed by atoms with van der Waals surface area (Å²) < 4.78 is 0. The van der Waals surface area contributed by atoms with E-state index in [1.807, 2.05) is 99.6 Å². The lowest BCUT2D eigenvalue weighted by molar-refractivity contribution is -0.120. The number of likely N-dealkylation sites (N-methyl/N-ethyl adjacent to an activating group) is 1. The van der Waals surface area contributed by atoms with E-state index in [9.17, 15) is 9.59 Å². The van der Waals surface area contributed by atoms with Gasteiger partial charge >= 0.3 is 0 Å². The Kier molecular flexibility index (Phi) is 6.50. The molecule has 0 fully saturated rings. The van der Waals surface area contributed by atoms with E-state index in [0.717, 1.165) is 33.3 Å². The van der Waals surface area contributed by atoms with Crippen LogP contribution in [-0.4, -0.2) is 28.2 Å². The molecule has 166 valence electrons. The molecule has 2 amide bonds. The van der Waals surface area contributed by atoms with Gasteiger partial charge < -0.3 is 10.2 Å². The molecule has 0 bridgehead atoms. The van der Waals surface area contributed by atoms with Gasteiger partial charge in [0.15, 0.2) is 0 Å². The molecule has 1 heterocycles. The van der Waals surface area contributed by atoms with Gasteiger partial charge in [0.1, 0.15) is 11.7 Å². The number of anilines is 1. The van der Waals surface area contributed by atoms with Gasteiger partial charge in [-0.3, -0.25) is 9.59 Å². The van der Waals surface area contributed by atoms with Gasteiger partial charge in [0.25, 0.3) is 11.8 Å². The van der Waals surface area contributed by atoms with E-state index >= 15 is 0 Å². The molecule has 0 aliphatic heterocycles. The van der Waals surface area contributed by atoms with E-state index in [-0.39, 0.29) is 11.8 Å². The molecule has 1 unspecified atom stereocenters. The average molecular weight is 438 g/mol. The lowest BCUT2D eigenvalue weighted by Gasteiger charge is -2.30. The minimum absolute atomic E-state index is 0.255.